The number of ether oxygens (including phenoxy) is 1. The number of carboxylic acids is 1. The first-order valence-corrected chi connectivity index (χ1v) is 12.3. The summed E-state index contributed by atoms with van der Waals surface area (Å²) in [6, 6.07) is 14.7. The lowest BCUT2D eigenvalue weighted by Crippen LogP contribution is -2.38. The summed E-state index contributed by atoms with van der Waals surface area (Å²) in [4.78, 5) is 17.2. The Hall–Kier alpha value is -3.00. The molecule has 4 nitrogen and oxygen atoms in total. The Balaban J connectivity index is 1.49. The number of aliphatic carboxylic acids is 1. The first-order valence-electron chi connectivity index (χ1n) is 11.3. The van der Waals surface area contributed by atoms with E-state index in [0.29, 0.717) is 28.7 Å². The summed E-state index contributed by atoms with van der Waals surface area (Å²) in [5, 5.41) is 9.29. The molecule has 1 aliphatic carbocycles. The van der Waals surface area contributed by atoms with Crippen LogP contribution in [0.25, 0.3) is 11.3 Å². The lowest BCUT2D eigenvalue weighted by molar-refractivity contribution is -0.152. The monoisotopic (exact) mass is 501 g/mol. The fraction of sp³-hybridized carbons (Fsp3) is 0.333. The van der Waals surface area contributed by atoms with Crippen LogP contribution in [0, 0.1) is 6.92 Å². The number of benzene rings is 2. The molecule has 1 saturated carbocycles. The molecule has 1 fully saturated rings. The van der Waals surface area contributed by atoms with Gasteiger partial charge >= 0.3 is 12.1 Å². The average molecular weight is 502 g/mol. The van der Waals surface area contributed by atoms with Gasteiger partial charge in [0.15, 0.2) is 5.60 Å². The number of hydrogen-bond donors (Lipinski definition) is 1. The van der Waals surface area contributed by atoms with E-state index in [-0.39, 0.29) is 0 Å². The quantitative estimate of drug-likeness (QED) is 0.324. The Bertz CT molecular complexity index is 1240. The molecule has 0 radical (unpaired) electrons. The number of pyridine rings is 1. The molecule has 0 unspecified atom stereocenters. The van der Waals surface area contributed by atoms with Crippen LogP contribution in [0.4, 0.5) is 13.2 Å². The number of carbonyl (C=O) groups is 1. The molecular weight excluding hydrogens is 475 g/mol. The van der Waals surface area contributed by atoms with Gasteiger partial charge in [-0.15, -0.1) is 11.8 Å². The first kappa shape index (κ1) is 25.1. The normalized spacial score (nSPS) is 14.1. The fourth-order valence-electron chi connectivity index (χ4n) is 3.63. The van der Waals surface area contributed by atoms with Gasteiger partial charge < -0.3 is 9.84 Å². The predicted octanol–water partition coefficient (Wildman–Crippen LogP) is 7.49. The van der Waals surface area contributed by atoms with Gasteiger partial charge in [0.25, 0.3) is 0 Å². The molecular formula is C27H26F3NO3S. The van der Waals surface area contributed by atoms with Crippen molar-refractivity contribution in [2.24, 2.45) is 0 Å². The number of carboxylic acid groups (broad SMARTS) is 1. The number of nitrogens with zero attached hydrogens (tertiary/aromatic N) is 1. The van der Waals surface area contributed by atoms with Crippen LogP contribution in [0.15, 0.2) is 59.5 Å². The summed E-state index contributed by atoms with van der Waals surface area (Å²) in [5.74, 6) is 0.584. The van der Waals surface area contributed by atoms with Crippen molar-refractivity contribution < 1.29 is 27.8 Å². The molecule has 1 heterocycles. The smallest absolute Gasteiger partial charge is 0.416 e. The van der Waals surface area contributed by atoms with Crippen LogP contribution >= 0.6 is 11.8 Å². The molecule has 35 heavy (non-hydrogen) atoms. The summed E-state index contributed by atoms with van der Waals surface area (Å²) in [6.07, 6.45) is -2.24. The molecule has 8 heteroatoms. The number of rotatable bonds is 8. The molecule has 0 atom stereocenters. The van der Waals surface area contributed by atoms with E-state index in [4.69, 9.17) is 9.72 Å². The fourth-order valence-corrected chi connectivity index (χ4v) is 4.62. The maximum absolute atomic E-state index is 12.9. The number of aryl methyl sites for hydroxylation is 1. The number of hydrogen-bond acceptors (Lipinski definition) is 4. The minimum absolute atomic E-state index is 0.385. The maximum Gasteiger partial charge on any atom is 0.416 e. The van der Waals surface area contributed by atoms with Gasteiger partial charge in [-0.2, -0.15) is 13.2 Å². The molecule has 184 valence electrons. The van der Waals surface area contributed by atoms with Crippen LogP contribution in [0.1, 0.15) is 55.0 Å². The van der Waals surface area contributed by atoms with Crippen molar-refractivity contribution in [1.29, 1.82) is 0 Å². The van der Waals surface area contributed by atoms with Gasteiger partial charge in [0.1, 0.15) is 5.75 Å². The number of halogens is 3. The van der Waals surface area contributed by atoms with Gasteiger partial charge in [-0.1, -0.05) is 18.2 Å². The second-order valence-electron chi connectivity index (χ2n) is 9.22. The van der Waals surface area contributed by atoms with Crippen molar-refractivity contribution in [2.45, 2.75) is 62.0 Å². The highest BCUT2D eigenvalue weighted by Gasteiger charge is 2.31. The summed E-state index contributed by atoms with van der Waals surface area (Å²) in [7, 11) is 0. The lowest BCUT2D eigenvalue weighted by atomic mass is 10.1. The third-order valence-electron chi connectivity index (χ3n) is 5.91. The molecule has 2 aromatic carbocycles. The van der Waals surface area contributed by atoms with E-state index in [2.05, 4.69) is 0 Å². The second-order valence-corrected chi connectivity index (χ2v) is 10.3. The van der Waals surface area contributed by atoms with Crippen molar-refractivity contribution >= 4 is 17.7 Å². The molecule has 4 rings (SSSR count). The molecule has 0 bridgehead atoms. The summed E-state index contributed by atoms with van der Waals surface area (Å²) in [6.45, 7) is 4.91. The Labute approximate surface area is 206 Å². The van der Waals surface area contributed by atoms with Crippen molar-refractivity contribution in [3.05, 3.63) is 77.0 Å². The summed E-state index contributed by atoms with van der Waals surface area (Å²) >= 11 is 1.65. The lowest BCUT2D eigenvalue weighted by Gasteiger charge is -2.23. The van der Waals surface area contributed by atoms with E-state index in [1.807, 2.05) is 31.2 Å². The van der Waals surface area contributed by atoms with Crippen LogP contribution in [0.2, 0.25) is 0 Å². The zero-order valence-electron chi connectivity index (χ0n) is 19.6. The minimum Gasteiger partial charge on any atom is -0.478 e. The maximum atomic E-state index is 12.9. The predicted molar refractivity (Wildman–Crippen MR) is 130 cm³/mol. The van der Waals surface area contributed by atoms with Gasteiger partial charge in [0.2, 0.25) is 0 Å². The third-order valence-corrected chi connectivity index (χ3v) is 6.95. The van der Waals surface area contributed by atoms with E-state index in [0.717, 1.165) is 46.7 Å². The van der Waals surface area contributed by atoms with Crippen LogP contribution in [-0.4, -0.2) is 21.7 Å². The van der Waals surface area contributed by atoms with Gasteiger partial charge in [0.05, 0.1) is 11.3 Å². The van der Waals surface area contributed by atoms with E-state index >= 15 is 0 Å². The van der Waals surface area contributed by atoms with Crippen LogP contribution in [-0.2, 0) is 16.7 Å². The Morgan fingerprint density at radius 3 is 2.34 bits per heavy atom. The first-order chi connectivity index (χ1) is 16.4. The standard InChI is InChI=1S/C27H26F3NO3S/c1-16-14-21(11-13-23(16)34-26(2,3)25(32)33)35-15-19-8-12-22(31-24(19)18-4-5-18)17-6-9-20(10-7-17)27(28,29)30/h6-14,18H,4-5,15H2,1-3H3,(H,32,33). The summed E-state index contributed by atoms with van der Waals surface area (Å²) < 4.78 is 44.3. The molecule has 1 aromatic heterocycles. The largest absolute Gasteiger partial charge is 0.478 e. The summed E-state index contributed by atoms with van der Waals surface area (Å²) in [5.41, 5.74) is 2.31. The van der Waals surface area contributed by atoms with Gasteiger partial charge in [-0.05, 0) is 81.1 Å². The van der Waals surface area contributed by atoms with Gasteiger partial charge in [0, 0.05) is 27.8 Å². The van der Waals surface area contributed by atoms with Crippen molar-refractivity contribution in [3.63, 3.8) is 0 Å². The molecule has 0 saturated heterocycles. The van der Waals surface area contributed by atoms with Crippen LogP contribution in [0.3, 0.4) is 0 Å². The van der Waals surface area contributed by atoms with Gasteiger partial charge in [-0.3, -0.25) is 4.98 Å². The van der Waals surface area contributed by atoms with Crippen LogP contribution in [0.5, 0.6) is 5.75 Å². The van der Waals surface area contributed by atoms with Crippen LogP contribution < -0.4 is 4.74 Å². The van der Waals surface area contributed by atoms with Gasteiger partial charge in [-0.25, -0.2) is 4.79 Å². The Kier molecular flexibility index (Phi) is 6.86. The number of aromatic nitrogens is 1. The molecule has 0 spiro atoms. The highest BCUT2D eigenvalue weighted by Crippen LogP contribution is 2.43. The van der Waals surface area contributed by atoms with E-state index in [9.17, 15) is 23.1 Å². The Morgan fingerprint density at radius 2 is 1.77 bits per heavy atom. The zero-order chi connectivity index (χ0) is 25.4. The second kappa shape index (κ2) is 9.57. The van der Waals surface area contributed by atoms with E-state index in [1.165, 1.54) is 26.0 Å². The minimum atomic E-state index is -4.36. The highest BCUT2D eigenvalue weighted by molar-refractivity contribution is 7.98. The molecule has 1 aliphatic rings. The molecule has 1 N–H and O–H groups in total. The third kappa shape index (κ3) is 5.99. The van der Waals surface area contributed by atoms with E-state index in [1.54, 1.807) is 17.8 Å². The van der Waals surface area contributed by atoms with Crippen molar-refractivity contribution in [2.75, 3.05) is 0 Å². The topological polar surface area (TPSA) is 59.4 Å². The number of thioether (sulfide) groups is 1. The zero-order valence-corrected chi connectivity index (χ0v) is 20.5. The van der Waals surface area contributed by atoms with Crippen molar-refractivity contribution in [1.82, 2.24) is 4.98 Å². The number of alkyl halides is 3. The molecule has 3 aromatic rings. The highest BCUT2D eigenvalue weighted by atomic mass is 32.2. The SMILES string of the molecule is Cc1cc(SCc2ccc(-c3ccc(C(F)(F)F)cc3)nc2C2CC2)ccc1OC(C)(C)C(=O)O. The van der Waals surface area contributed by atoms with E-state index < -0.39 is 23.3 Å². The average Bonchev–Trinajstić information content (AvgIpc) is 3.64. The Morgan fingerprint density at radius 1 is 1.09 bits per heavy atom. The van der Waals surface area contributed by atoms with Crippen molar-refractivity contribution in [3.8, 4) is 17.0 Å². The molecule has 0 aliphatic heterocycles. The molecule has 0 amide bonds.